The highest BCUT2D eigenvalue weighted by atomic mass is 79.9. The van der Waals surface area contributed by atoms with Crippen LogP contribution in [0.15, 0.2) is 40.9 Å². The summed E-state index contributed by atoms with van der Waals surface area (Å²) >= 11 is 3.69. The Morgan fingerprint density at radius 3 is 2.66 bits per heavy atom. The Labute approximate surface area is 199 Å². The van der Waals surface area contributed by atoms with Crippen LogP contribution >= 0.6 is 15.9 Å². The van der Waals surface area contributed by atoms with Gasteiger partial charge in [-0.15, -0.1) is 0 Å². The van der Waals surface area contributed by atoms with Gasteiger partial charge in [-0.3, -0.25) is 4.79 Å². The first-order valence-corrected chi connectivity index (χ1v) is 12.1. The smallest absolute Gasteiger partial charge is 0.309 e. The van der Waals surface area contributed by atoms with Crippen LogP contribution in [-0.4, -0.2) is 20.2 Å². The van der Waals surface area contributed by atoms with Gasteiger partial charge in [0.05, 0.1) is 19.1 Å². The molecule has 4 nitrogen and oxygen atoms in total. The number of methoxy groups -OCH3 is 2. The average molecular weight is 501 g/mol. The molecule has 0 bridgehead atoms. The number of rotatable bonds is 6. The maximum absolute atomic E-state index is 12.2. The van der Waals surface area contributed by atoms with Crippen molar-refractivity contribution >= 4 is 21.9 Å². The molecule has 0 radical (unpaired) electrons. The molecule has 1 fully saturated rings. The van der Waals surface area contributed by atoms with E-state index in [1.165, 1.54) is 18.2 Å². The van der Waals surface area contributed by atoms with E-state index in [-0.39, 0.29) is 28.8 Å². The molecule has 5 heteroatoms. The summed E-state index contributed by atoms with van der Waals surface area (Å²) in [6, 6.07) is 12.7. The van der Waals surface area contributed by atoms with E-state index in [2.05, 4.69) is 73.1 Å². The van der Waals surface area contributed by atoms with Crippen molar-refractivity contribution in [2.24, 2.45) is 11.3 Å². The molecule has 2 aliphatic rings. The quantitative estimate of drug-likeness (QED) is 0.423. The van der Waals surface area contributed by atoms with Crippen LogP contribution in [0.1, 0.15) is 68.4 Å². The van der Waals surface area contributed by atoms with Crippen molar-refractivity contribution in [3.8, 4) is 5.75 Å². The van der Waals surface area contributed by atoms with E-state index in [0.717, 1.165) is 47.0 Å². The number of aryl methyl sites for hydroxylation is 1. The van der Waals surface area contributed by atoms with Crippen LogP contribution in [0.3, 0.4) is 0 Å². The summed E-state index contributed by atoms with van der Waals surface area (Å²) in [5.74, 6) is 0.751. The van der Waals surface area contributed by atoms with Crippen LogP contribution in [0.4, 0.5) is 0 Å². The van der Waals surface area contributed by atoms with Gasteiger partial charge >= 0.3 is 5.97 Å². The van der Waals surface area contributed by atoms with Crippen LogP contribution in [0.2, 0.25) is 0 Å². The van der Waals surface area contributed by atoms with Gasteiger partial charge in [0, 0.05) is 17.0 Å². The van der Waals surface area contributed by atoms with Crippen molar-refractivity contribution in [1.29, 1.82) is 0 Å². The lowest BCUT2D eigenvalue weighted by molar-refractivity contribution is -0.142. The minimum Gasteiger partial charge on any atom is -0.489 e. The Bertz CT molecular complexity index is 1010. The number of ether oxygens (including phenoxy) is 3. The van der Waals surface area contributed by atoms with Crippen molar-refractivity contribution in [2.45, 2.75) is 64.6 Å². The molecule has 0 aliphatic heterocycles. The molecule has 4 rings (SSSR count). The van der Waals surface area contributed by atoms with Crippen molar-refractivity contribution in [2.75, 3.05) is 14.2 Å². The number of hydrogen-bond acceptors (Lipinski definition) is 4. The summed E-state index contributed by atoms with van der Waals surface area (Å²) in [6.07, 6.45) is 4.09. The molecule has 0 saturated heterocycles. The molecule has 1 saturated carbocycles. The van der Waals surface area contributed by atoms with E-state index in [9.17, 15) is 4.79 Å². The lowest BCUT2D eigenvalue weighted by Gasteiger charge is -2.30. The highest BCUT2D eigenvalue weighted by molar-refractivity contribution is 9.10. The first-order valence-electron chi connectivity index (χ1n) is 11.3. The standard InChI is InChI=1S/C27H33BrO4/c1-26(2,3)24(30-4)20-13-17(8-11-23(20)28)16-32-19-10-9-18-7-6-12-27(21(18)14-19)15-22(27)25(29)31-5/h8-11,13-14,22,24H,6-7,12,15-16H2,1-5H3/t22-,24?,27-/m0/s1. The second-order valence-electron chi connectivity index (χ2n) is 10.2. The normalized spacial score (nSPS) is 22.9. The zero-order valence-corrected chi connectivity index (χ0v) is 21.3. The summed E-state index contributed by atoms with van der Waals surface area (Å²) in [5.41, 5.74) is 4.77. The van der Waals surface area contributed by atoms with Gasteiger partial charge in [-0.25, -0.2) is 0 Å². The van der Waals surface area contributed by atoms with Gasteiger partial charge in [-0.1, -0.05) is 48.8 Å². The molecule has 0 heterocycles. The molecule has 1 spiro atoms. The highest BCUT2D eigenvalue weighted by Crippen LogP contribution is 2.61. The van der Waals surface area contributed by atoms with Crippen LogP contribution in [0.25, 0.3) is 0 Å². The van der Waals surface area contributed by atoms with Gasteiger partial charge in [0.2, 0.25) is 0 Å². The van der Waals surface area contributed by atoms with E-state index in [0.29, 0.717) is 6.61 Å². The molecule has 1 unspecified atom stereocenters. The van der Waals surface area contributed by atoms with Crippen LogP contribution in [0, 0.1) is 11.3 Å². The fraction of sp³-hybridized carbons (Fsp3) is 0.519. The van der Waals surface area contributed by atoms with E-state index < -0.39 is 0 Å². The average Bonchev–Trinajstić information content (AvgIpc) is 3.48. The topological polar surface area (TPSA) is 44.8 Å². The summed E-state index contributed by atoms with van der Waals surface area (Å²) < 4.78 is 18.1. The van der Waals surface area contributed by atoms with Crippen molar-refractivity contribution in [3.05, 3.63) is 63.1 Å². The lowest BCUT2D eigenvalue weighted by atomic mass is 9.78. The molecule has 0 amide bonds. The molecule has 172 valence electrons. The first-order chi connectivity index (χ1) is 15.2. The maximum atomic E-state index is 12.2. The number of hydrogen-bond donors (Lipinski definition) is 0. The fourth-order valence-corrected chi connectivity index (χ4v) is 5.84. The lowest BCUT2D eigenvalue weighted by Crippen LogP contribution is -2.22. The zero-order chi connectivity index (χ0) is 23.1. The molecule has 2 aromatic rings. The van der Waals surface area contributed by atoms with Gasteiger partial charge in [0.25, 0.3) is 0 Å². The van der Waals surface area contributed by atoms with Gasteiger partial charge in [-0.05, 0) is 77.6 Å². The predicted molar refractivity (Wildman–Crippen MR) is 129 cm³/mol. The second-order valence-corrected chi connectivity index (χ2v) is 11.1. The Hall–Kier alpha value is -1.85. The van der Waals surface area contributed by atoms with Crippen molar-refractivity contribution in [1.82, 2.24) is 0 Å². The zero-order valence-electron chi connectivity index (χ0n) is 19.7. The third-order valence-corrected chi connectivity index (χ3v) is 7.74. The van der Waals surface area contributed by atoms with E-state index in [1.54, 1.807) is 7.11 Å². The summed E-state index contributed by atoms with van der Waals surface area (Å²) in [6.45, 7) is 7.02. The number of halogens is 1. The third kappa shape index (κ3) is 4.34. The number of carbonyl (C=O) groups excluding carboxylic acids is 1. The fourth-order valence-electron chi connectivity index (χ4n) is 5.38. The Kier molecular flexibility index (Phi) is 6.43. The summed E-state index contributed by atoms with van der Waals surface area (Å²) in [4.78, 5) is 12.2. The molecule has 2 aliphatic carbocycles. The molecule has 32 heavy (non-hydrogen) atoms. The van der Waals surface area contributed by atoms with Gasteiger partial charge in [-0.2, -0.15) is 0 Å². The minimum absolute atomic E-state index is 0.0146. The van der Waals surface area contributed by atoms with Crippen LogP contribution in [0.5, 0.6) is 5.75 Å². The highest BCUT2D eigenvalue weighted by Gasteiger charge is 2.61. The number of fused-ring (bicyclic) bond motifs is 2. The Morgan fingerprint density at radius 2 is 1.97 bits per heavy atom. The number of benzene rings is 2. The Balaban J connectivity index is 1.54. The number of esters is 1. The van der Waals surface area contributed by atoms with Gasteiger partial charge < -0.3 is 14.2 Å². The molecular weight excluding hydrogens is 468 g/mol. The Morgan fingerprint density at radius 1 is 1.19 bits per heavy atom. The molecule has 0 aromatic heterocycles. The first kappa shape index (κ1) is 23.3. The molecule has 0 N–H and O–H groups in total. The second kappa shape index (κ2) is 8.83. The van der Waals surface area contributed by atoms with Crippen LogP contribution < -0.4 is 4.74 Å². The minimum atomic E-state index is -0.0851. The molecule has 2 aromatic carbocycles. The maximum Gasteiger partial charge on any atom is 0.309 e. The van der Waals surface area contributed by atoms with E-state index >= 15 is 0 Å². The van der Waals surface area contributed by atoms with Crippen molar-refractivity contribution < 1.29 is 19.0 Å². The molecular formula is C27H33BrO4. The SMILES string of the molecule is COC(=O)[C@@H]1C[C@]12CCCc1ccc(OCc3ccc(Br)c(C(OC)C(C)(C)C)c3)cc12. The largest absolute Gasteiger partial charge is 0.489 e. The van der Waals surface area contributed by atoms with Gasteiger partial charge in [0.1, 0.15) is 12.4 Å². The third-order valence-electron chi connectivity index (χ3n) is 7.02. The van der Waals surface area contributed by atoms with E-state index in [4.69, 9.17) is 14.2 Å². The summed E-state index contributed by atoms with van der Waals surface area (Å²) in [5, 5.41) is 0. The number of carbonyl (C=O) groups is 1. The van der Waals surface area contributed by atoms with E-state index in [1.807, 2.05) is 0 Å². The monoisotopic (exact) mass is 500 g/mol. The van der Waals surface area contributed by atoms with Crippen molar-refractivity contribution in [3.63, 3.8) is 0 Å². The summed E-state index contributed by atoms with van der Waals surface area (Å²) in [7, 11) is 3.24. The molecule has 3 atom stereocenters. The van der Waals surface area contributed by atoms with Crippen LogP contribution in [-0.2, 0) is 32.7 Å². The van der Waals surface area contributed by atoms with Gasteiger partial charge in [0.15, 0.2) is 0 Å². The predicted octanol–water partition coefficient (Wildman–Crippen LogP) is 6.53.